The topological polar surface area (TPSA) is 74.7 Å². The molecule has 7 heteroatoms. The maximum absolute atomic E-state index is 12.0. The molecule has 0 radical (unpaired) electrons. The third-order valence-electron chi connectivity index (χ3n) is 3.17. The lowest BCUT2D eigenvalue weighted by molar-refractivity contribution is 0.0698. The third-order valence-corrected chi connectivity index (χ3v) is 5.32. The molecule has 0 heterocycles. The van der Waals surface area contributed by atoms with E-state index in [1.165, 1.54) is 32.3 Å². The van der Waals surface area contributed by atoms with Crippen molar-refractivity contribution >= 4 is 27.6 Å². The molecule has 2 aromatic carbocycles. The van der Waals surface area contributed by atoms with E-state index in [4.69, 9.17) is 11.6 Å². The van der Waals surface area contributed by atoms with E-state index in [0.717, 1.165) is 4.31 Å². The molecular weight excluding hydrogens is 326 g/mol. The van der Waals surface area contributed by atoms with Crippen molar-refractivity contribution in [3.8, 4) is 11.1 Å². The highest BCUT2D eigenvalue weighted by Crippen LogP contribution is 2.30. The standard InChI is InChI=1S/C15H14ClNO4S/c1-17(2)22(20,21)11-8-6-10(7-9-11)12-4-3-5-13(16)14(12)15(18)19/h3-9H,1-2H3,(H,18,19). The van der Waals surface area contributed by atoms with Crippen LogP contribution in [0, 0.1) is 0 Å². The fourth-order valence-corrected chi connectivity index (χ4v) is 3.16. The Balaban J connectivity index is 2.54. The summed E-state index contributed by atoms with van der Waals surface area (Å²) in [6.07, 6.45) is 0. The largest absolute Gasteiger partial charge is 0.478 e. The second-order valence-corrected chi connectivity index (χ2v) is 7.34. The molecule has 22 heavy (non-hydrogen) atoms. The van der Waals surface area contributed by atoms with Crippen LogP contribution in [0.3, 0.4) is 0 Å². The summed E-state index contributed by atoms with van der Waals surface area (Å²) in [7, 11) is -0.625. The van der Waals surface area contributed by atoms with E-state index in [1.807, 2.05) is 0 Å². The molecule has 0 saturated heterocycles. The Bertz CT molecular complexity index is 814. The van der Waals surface area contributed by atoms with Crippen LogP contribution in [0.5, 0.6) is 0 Å². The van der Waals surface area contributed by atoms with E-state index in [1.54, 1.807) is 24.3 Å². The van der Waals surface area contributed by atoms with Crippen LogP contribution in [0.15, 0.2) is 47.4 Å². The van der Waals surface area contributed by atoms with Gasteiger partial charge in [-0.1, -0.05) is 35.9 Å². The Kier molecular flexibility index (Phi) is 4.55. The summed E-state index contributed by atoms with van der Waals surface area (Å²) < 4.78 is 25.2. The van der Waals surface area contributed by atoms with Gasteiger partial charge in [0.2, 0.25) is 10.0 Å². The number of halogens is 1. The molecule has 2 aromatic rings. The number of sulfonamides is 1. The van der Waals surface area contributed by atoms with Crippen molar-refractivity contribution in [3.63, 3.8) is 0 Å². The molecule has 1 N–H and O–H groups in total. The number of aromatic carboxylic acids is 1. The van der Waals surface area contributed by atoms with Gasteiger partial charge in [0.1, 0.15) is 0 Å². The number of carboxylic acids is 1. The molecule has 0 spiro atoms. The Morgan fingerprint density at radius 1 is 1.09 bits per heavy atom. The van der Waals surface area contributed by atoms with Gasteiger partial charge in [0.25, 0.3) is 0 Å². The third kappa shape index (κ3) is 2.99. The first kappa shape index (κ1) is 16.5. The van der Waals surface area contributed by atoms with E-state index in [2.05, 4.69) is 0 Å². The van der Waals surface area contributed by atoms with Gasteiger partial charge in [-0.3, -0.25) is 0 Å². The minimum atomic E-state index is -3.52. The molecule has 0 aliphatic carbocycles. The van der Waals surface area contributed by atoms with Crippen LogP contribution in [0.25, 0.3) is 11.1 Å². The van der Waals surface area contributed by atoms with Crippen LogP contribution >= 0.6 is 11.6 Å². The second kappa shape index (κ2) is 6.08. The molecule has 0 aliphatic rings. The molecule has 0 amide bonds. The quantitative estimate of drug-likeness (QED) is 0.929. The maximum Gasteiger partial charge on any atom is 0.337 e. The van der Waals surface area contributed by atoms with Gasteiger partial charge in [0, 0.05) is 14.1 Å². The zero-order chi connectivity index (χ0) is 16.5. The fourth-order valence-electron chi connectivity index (χ4n) is 2.00. The SMILES string of the molecule is CN(C)S(=O)(=O)c1ccc(-c2cccc(Cl)c2C(=O)O)cc1. The number of benzene rings is 2. The smallest absolute Gasteiger partial charge is 0.337 e. The maximum atomic E-state index is 12.0. The van der Waals surface area contributed by atoms with Crippen LogP contribution in [0.2, 0.25) is 5.02 Å². The molecule has 0 unspecified atom stereocenters. The van der Waals surface area contributed by atoms with Gasteiger partial charge in [-0.05, 0) is 29.3 Å². The van der Waals surface area contributed by atoms with Crippen molar-refractivity contribution in [1.29, 1.82) is 0 Å². The molecule has 0 atom stereocenters. The van der Waals surface area contributed by atoms with Gasteiger partial charge in [0.05, 0.1) is 15.5 Å². The van der Waals surface area contributed by atoms with Crippen LogP contribution in [0.1, 0.15) is 10.4 Å². The molecule has 0 aliphatic heterocycles. The average Bonchev–Trinajstić information content (AvgIpc) is 2.46. The second-order valence-electron chi connectivity index (χ2n) is 4.78. The number of hydrogen-bond donors (Lipinski definition) is 1. The molecule has 0 saturated carbocycles. The van der Waals surface area contributed by atoms with Gasteiger partial charge in [0.15, 0.2) is 0 Å². The highest BCUT2D eigenvalue weighted by molar-refractivity contribution is 7.89. The first-order valence-electron chi connectivity index (χ1n) is 6.30. The zero-order valence-electron chi connectivity index (χ0n) is 11.9. The summed E-state index contributed by atoms with van der Waals surface area (Å²) in [5.41, 5.74) is 1.01. The number of carbonyl (C=O) groups is 1. The fraction of sp³-hybridized carbons (Fsp3) is 0.133. The van der Waals surface area contributed by atoms with Crippen molar-refractivity contribution in [2.24, 2.45) is 0 Å². The molecule has 5 nitrogen and oxygen atoms in total. The lowest BCUT2D eigenvalue weighted by Gasteiger charge is -2.12. The first-order chi connectivity index (χ1) is 10.2. The highest BCUT2D eigenvalue weighted by atomic mass is 35.5. The van der Waals surface area contributed by atoms with E-state index < -0.39 is 16.0 Å². The first-order valence-corrected chi connectivity index (χ1v) is 8.11. The predicted molar refractivity (Wildman–Crippen MR) is 84.7 cm³/mol. The minimum Gasteiger partial charge on any atom is -0.478 e. The van der Waals surface area contributed by atoms with Gasteiger partial charge in [-0.2, -0.15) is 0 Å². The Hall–Kier alpha value is -1.89. The Morgan fingerprint density at radius 3 is 2.18 bits per heavy atom. The van der Waals surface area contributed by atoms with Crippen molar-refractivity contribution in [2.75, 3.05) is 14.1 Å². The van der Waals surface area contributed by atoms with Crippen LogP contribution < -0.4 is 0 Å². The molecule has 0 fully saturated rings. The van der Waals surface area contributed by atoms with Crippen LogP contribution in [0.4, 0.5) is 0 Å². The highest BCUT2D eigenvalue weighted by Gasteiger charge is 2.19. The van der Waals surface area contributed by atoms with Crippen LogP contribution in [-0.4, -0.2) is 37.9 Å². The summed E-state index contributed by atoms with van der Waals surface area (Å²) in [5, 5.41) is 9.41. The van der Waals surface area contributed by atoms with Crippen LogP contribution in [-0.2, 0) is 10.0 Å². The van der Waals surface area contributed by atoms with Crippen molar-refractivity contribution in [2.45, 2.75) is 4.90 Å². The lowest BCUT2D eigenvalue weighted by Crippen LogP contribution is -2.22. The number of nitrogens with zero attached hydrogens (tertiary/aromatic N) is 1. The predicted octanol–water partition coefficient (Wildman–Crippen LogP) is 2.96. The monoisotopic (exact) mass is 339 g/mol. The normalized spacial score (nSPS) is 11.6. The minimum absolute atomic E-state index is 0.00705. The Morgan fingerprint density at radius 2 is 1.68 bits per heavy atom. The summed E-state index contributed by atoms with van der Waals surface area (Å²) in [6.45, 7) is 0. The summed E-state index contributed by atoms with van der Waals surface area (Å²) in [4.78, 5) is 11.5. The van der Waals surface area contributed by atoms with Gasteiger partial charge in [-0.15, -0.1) is 0 Å². The molecule has 0 aromatic heterocycles. The van der Waals surface area contributed by atoms with Gasteiger partial charge >= 0.3 is 5.97 Å². The van der Waals surface area contributed by atoms with E-state index in [9.17, 15) is 18.3 Å². The summed E-state index contributed by atoms with van der Waals surface area (Å²) in [5.74, 6) is -1.13. The number of rotatable bonds is 4. The average molecular weight is 340 g/mol. The van der Waals surface area contributed by atoms with Crippen molar-refractivity contribution in [3.05, 3.63) is 53.1 Å². The van der Waals surface area contributed by atoms with E-state index in [0.29, 0.717) is 11.1 Å². The van der Waals surface area contributed by atoms with Crippen molar-refractivity contribution in [1.82, 2.24) is 4.31 Å². The van der Waals surface area contributed by atoms with E-state index in [-0.39, 0.29) is 15.5 Å². The Labute approximate surface area is 133 Å². The van der Waals surface area contributed by atoms with E-state index >= 15 is 0 Å². The van der Waals surface area contributed by atoms with Gasteiger partial charge < -0.3 is 5.11 Å². The molecule has 116 valence electrons. The summed E-state index contributed by atoms with van der Waals surface area (Å²) >= 11 is 5.94. The summed E-state index contributed by atoms with van der Waals surface area (Å²) in [6, 6.07) is 10.8. The number of hydrogen-bond acceptors (Lipinski definition) is 3. The molecule has 0 bridgehead atoms. The number of carboxylic acid groups (broad SMARTS) is 1. The van der Waals surface area contributed by atoms with Crippen molar-refractivity contribution < 1.29 is 18.3 Å². The van der Waals surface area contributed by atoms with Gasteiger partial charge in [-0.25, -0.2) is 17.5 Å². The zero-order valence-corrected chi connectivity index (χ0v) is 13.5. The molecular formula is C15H14ClNO4S. The molecule has 2 rings (SSSR count). The lowest BCUT2D eigenvalue weighted by atomic mass is 10.00.